The van der Waals surface area contributed by atoms with Crippen LogP contribution in [-0.2, 0) is 19.4 Å². The van der Waals surface area contributed by atoms with Crippen molar-refractivity contribution in [2.75, 3.05) is 37.7 Å². The second kappa shape index (κ2) is 6.09. The Morgan fingerprint density at radius 1 is 1.10 bits per heavy atom. The van der Waals surface area contributed by atoms with Gasteiger partial charge in [0.25, 0.3) is 0 Å². The lowest BCUT2D eigenvalue weighted by atomic mass is 10.0. The highest BCUT2D eigenvalue weighted by Gasteiger charge is 2.33. The monoisotopic (exact) mass is 304 g/mol. The molecule has 2 heterocycles. The number of piperidine rings is 1. The van der Waals surface area contributed by atoms with E-state index in [1.807, 2.05) is 0 Å². The Morgan fingerprint density at radius 3 is 2.35 bits per heavy atom. The average Bonchev–Trinajstić information content (AvgIpc) is 2.41. The van der Waals surface area contributed by atoms with Gasteiger partial charge in [0.15, 0.2) is 9.84 Å². The van der Waals surface area contributed by atoms with Crippen molar-refractivity contribution in [2.45, 2.75) is 25.3 Å². The Kier molecular flexibility index (Phi) is 4.64. The molecule has 1 N–H and O–H groups in total. The fourth-order valence-corrected chi connectivity index (χ4v) is 3.95. The van der Waals surface area contributed by atoms with Crippen LogP contribution < -0.4 is 0 Å². The summed E-state index contributed by atoms with van der Waals surface area (Å²) in [5.41, 5.74) is 0. The molecule has 20 heavy (non-hydrogen) atoms. The SMILES string of the molecule is O=C(O)C1CCCCN1C(=O)CN1CCS(=O)(=O)CC1. The molecule has 8 heteroatoms. The van der Waals surface area contributed by atoms with E-state index in [0.29, 0.717) is 26.1 Å². The number of rotatable bonds is 3. The minimum Gasteiger partial charge on any atom is -0.480 e. The largest absolute Gasteiger partial charge is 0.480 e. The van der Waals surface area contributed by atoms with Crippen LogP contribution in [0, 0.1) is 0 Å². The van der Waals surface area contributed by atoms with E-state index in [4.69, 9.17) is 5.11 Å². The smallest absolute Gasteiger partial charge is 0.326 e. The van der Waals surface area contributed by atoms with Gasteiger partial charge in [-0.05, 0) is 19.3 Å². The zero-order chi connectivity index (χ0) is 14.8. The Labute approximate surface area is 118 Å². The molecule has 2 aliphatic rings. The van der Waals surface area contributed by atoms with Crippen molar-refractivity contribution in [1.29, 1.82) is 0 Å². The maximum atomic E-state index is 12.2. The summed E-state index contributed by atoms with van der Waals surface area (Å²) in [6.45, 7) is 1.28. The lowest BCUT2D eigenvalue weighted by molar-refractivity contribution is -0.152. The maximum absolute atomic E-state index is 12.2. The fraction of sp³-hybridized carbons (Fsp3) is 0.833. The molecule has 114 valence electrons. The van der Waals surface area contributed by atoms with Crippen LogP contribution in [0.2, 0.25) is 0 Å². The van der Waals surface area contributed by atoms with E-state index in [-0.39, 0.29) is 24.0 Å². The van der Waals surface area contributed by atoms with E-state index in [2.05, 4.69) is 0 Å². The highest BCUT2D eigenvalue weighted by molar-refractivity contribution is 7.91. The molecule has 2 saturated heterocycles. The normalized spacial score (nSPS) is 27.2. The number of carbonyl (C=O) groups excluding carboxylic acids is 1. The predicted molar refractivity (Wildman–Crippen MR) is 72.1 cm³/mol. The van der Waals surface area contributed by atoms with Gasteiger partial charge in [-0.2, -0.15) is 0 Å². The summed E-state index contributed by atoms with van der Waals surface area (Å²) in [6.07, 6.45) is 2.14. The topological polar surface area (TPSA) is 95.0 Å². The first-order chi connectivity index (χ1) is 9.39. The zero-order valence-electron chi connectivity index (χ0n) is 11.3. The highest BCUT2D eigenvalue weighted by atomic mass is 32.2. The molecule has 0 spiro atoms. The van der Waals surface area contributed by atoms with Gasteiger partial charge in [0, 0.05) is 19.6 Å². The first-order valence-electron chi connectivity index (χ1n) is 6.84. The Hall–Kier alpha value is -1.15. The van der Waals surface area contributed by atoms with Gasteiger partial charge in [0.2, 0.25) is 5.91 Å². The first-order valence-corrected chi connectivity index (χ1v) is 8.66. The van der Waals surface area contributed by atoms with E-state index in [9.17, 15) is 18.0 Å². The Morgan fingerprint density at radius 2 is 1.75 bits per heavy atom. The summed E-state index contributed by atoms with van der Waals surface area (Å²) in [7, 11) is -2.96. The van der Waals surface area contributed by atoms with Gasteiger partial charge in [-0.1, -0.05) is 0 Å². The van der Waals surface area contributed by atoms with Crippen LogP contribution in [0.25, 0.3) is 0 Å². The standard InChI is InChI=1S/C12H20N2O5S/c15-11(9-13-5-7-20(18,19)8-6-13)14-4-2-1-3-10(14)12(16)17/h10H,1-9H2,(H,16,17). The van der Waals surface area contributed by atoms with Crippen molar-refractivity contribution in [1.82, 2.24) is 9.80 Å². The van der Waals surface area contributed by atoms with Gasteiger partial charge in [-0.3, -0.25) is 9.69 Å². The maximum Gasteiger partial charge on any atom is 0.326 e. The molecule has 7 nitrogen and oxygen atoms in total. The van der Waals surface area contributed by atoms with E-state index in [0.717, 1.165) is 12.8 Å². The second-order valence-corrected chi connectivity index (χ2v) is 7.67. The predicted octanol–water partition coefficient (Wildman–Crippen LogP) is -0.817. The average molecular weight is 304 g/mol. The molecular formula is C12H20N2O5S. The van der Waals surface area contributed by atoms with E-state index >= 15 is 0 Å². The number of carboxylic acids is 1. The fourth-order valence-electron chi connectivity index (χ4n) is 2.68. The van der Waals surface area contributed by atoms with Gasteiger partial charge < -0.3 is 10.0 Å². The van der Waals surface area contributed by atoms with Gasteiger partial charge in [0.05, 0.1) is 18.1 Å². The minimum atomic E-state index is -2.96. The van der Waals surface area contributed by atoms with Crippen LogP contribution in [0.3, 0.4) is 0 Å². The third-order valence-corrected chi connectivity index (χ3v) is 5.51. The van der Waals surface area contributed by atoms with Crippen LogP contribution in [0.4, 0.5) is 0 Å². The molecule has 0 aromatic rings. The van der Waals surface area contributed by atoms with Crippen molar-refractivity contribution in [3.63, 3.8) is 0 Å². The molecular weight excluding hydrogens is 284 g/mol. The Bertz CT molecular complexity index is 476. The molecule has 0 aromatic carbocycles. The number of carbonyl (C=O) groups is 2. The van der Waals surface area contributed by atoms with Crippen LogP contribution >= 0.6 is 0 Å². The third kappa shape index (κ3) is 3.69. The second-order valence-electron chi connectivity index (χ2n) is 5.36. The molecule has 0 bridgehead atoms. The van der Waals surface area contributed by atoms with Crippen LogP contribution in [0.1, 0.15) is 19.3 Å². The molecule has 0 aliphatic carbocycles. The van der Waals surface area contributed by atoms with Crippen molar-refractivity contribution in [3.05, 3.63) is 0 Å². The number of likely N-dealkylation sites (tertiary alicyclic amines) is 1. The lowest BCUT2D eigenvalue weighted by Gasteiger charge is -2.35. The highest BCUT2D eigenvalue weighted by Crippen LogP contribution is 2.18. The summed E-state index contributed by atoms with van der Waals surface area (Å²) >= 11 is 0. The van der Waals surface area contributed by atoms with Crippen LogP contribution in [0.15, 0.2) is 0 Å². The van der Waals surface area contributed by atoms with Gasteiger partial charge >= 0.3 is 5.97 Å². The molecule has 2 aliphatic heterocycles. The molecule has 2 rings (SSSR count). The van der Waals surface area contributed by atoms with Gasteiger partial charge in [-0.15, -0.1) is 0 Å². The van der Waals surface area contributed by atoms with Crippen LogP contribution in [-0.4, -0.2) is 78.9 Å². The van der Waals surface area contributed by atoms with Crippen molar-refractivity contribution >= 4 is 21.7 Å². The number of hydrogen-bond donors (Lipinski definition) is 1. The molecule has 0 aromatic heterocycles. The summed E-state index contributed by atoms with van der Waals surface area (Å²) in [5, 5.41) is 9.15. The molecule has 1 unspecified atom stereocenters. The summed E-state index contributed by atoms with van der Waals surface area (Å²) < 4.78 is 22.7. The Balaban J connectivity index is 1.92. The zero-order valence-corrected chi connectivity index (χ0v) is 12.1. The summed E-state index contributed by atoms with van der Waals surface area (Å²) in [6, 6.07) is -0.732. The molecule has 1 atom stereocenters. The van der Waals surface area contributed by atoms with E-state index in [1.54, 1.807) is 4.90 Å². The third-order valence-electron chi connectivity index (χ3n) is 3.90. The number of hydrogen-bond acceptors (Lipinski definition) is 5. The quantitative estimate of drug-likeness (QED) is 0.732. The van der Waals surface area contributed by atoms with E-state index in [1.165, 1.54) is 4.90 Å². The molecule has 0 radical (unpaired) electrons. The number of amides is 1. The first kappa shape index (κ1) is 15.2. The molecule has 2 fully saturated rings. The lowest BCUT2D eigenvalue weighted by Crippen LogP contribution is -2.52. The van der Waals surface area contributed by atoms with E-state index < -0.39 is 21.8 Å². The van der Waals surface area contributed by atoms with Crippen molar-refractivity contribution < 1.29 is 23.1 Å². The number of aliphatic carboxylic acids is 1. The summed E-state index contributed by atoms with van der Waals surface area (Å²) in [4.78, 5) is 26.6. The number of carboxylic acid groups (broad SMARTS) is 1. The number of nitrogens with zero attached hydrogens (tertiary/aromatic N) is 2. The number of sulfone groups is 1. The van der Waals surface area contributed by atoms with Crippen LogP contribution in [0.5, 0.6) is 0 Å². The van der Waals surface area contributed by atoms with Crippen molar-refractivity contribution in [2.24, 2.45) is 0 Å². The minimum absolute atomic E-state index is 0.0721. The summed E-state index contributed by atoms with van der Waals surface area (Å²) in [5.74, 6) is -1.03. The van der Waals surface area contributed by atoms with Gasteiger partial charge in [-0.25, -0.2) is 13.2 Å². The van der Waals surface area contributed by atoms with Crippen molar-refractivity contribution in [3.8, 4) is 0 Å². The molecule has 1 amide bonds. The molecule has 0 saturated carbocycles. The van der Waals surface area contributed by atoms with Gasteiger partial charge in [0.1, 0.15) is 6.04 Å².